The van der Waals surface area contributed by atoms with E-state index in [1.807, 2.05) is 18.2 Å². The number of carbonyl (C=O) groups is 1. The molecule has 0 aliphatic carbocycles. The van der Waals surface area contributed by atoms with E-state index in [0.717, 1.165) is 21.8 Å². The van der Waals surface area contributed by atoms with Gasteiger partial charge in [0, 0.05) is 29.0 Å². The van der Waals surface area contributed by atoms with Crippen LogP contribution < -0.4 is 5.73 Å². The molecular formula is C12H13BrN4O. The van der Waals surface area contributed by atoms with Gasteiger partial charge < -0.3 is 10.6 Å². The van der Waals surface area contributed by atoms with E-state index in [0.29, 0.717) is 18.8 Å². The Morgan fingerprint density at radius 1 is 1.56 bits per heavy atom. The number of nitrogens with zero attached hydrogens (tertiary/aromatic N) is 2. The molecule has 5 nitrogen and oxygen atoms in total. The van der Waals surface area contributed by atoms with E-state index in [2.05, 4.69) is 26.1 Å². The van der Waals surface area contributed by atoms with Crippen molar-refractivity contribution >= 4 is 32.7 Å². The lowest BCUT2D eigenvalue weighted by Crippen LogP contribution is -2.32. The zero-order valence-corrected chi connectivity index (χ0v) is 11.3. The Morgan fingerprint density at radius 3 is 3.11 bits per heavy atom. The smallest absolute Gasteiger partial charge is 0.275 e. The molecule has 1 aromatic carbocycles. The highest BCUT2D eigenvalue weighted by molar-refractivity contribution is 9.10. The van der Waals surface area contributed by atoms with E-state index in [4.69, 9.17) is 5.73 Å². The van der Waals surface area contributed by atoms with Crippen molar-refractivity contribution in [1.82, 2.24) is 15.1 Å². The summed E-state index contributed by atoms with van der Waals surface area (Å²) >= 11 is 3.41. The van der Waals surface area contributed by atoms with Crippen LogP contribution in [0.25, 0.3) is 10.9 Å². The number of likely N-dealkylation sites (tertiary alicyclic amines) is 1. The van der Waals surface area contributed by atoms with Gasteiger partial charge in [-0.25, -0.2) is 0 Å². The maximum atomic E-state index is 12.4. The van der Waals surface area contributed by atoms with Crippen molar-refractivity contribution in [3.8, 4) is 0 Å². The number of amides is 1. The van der Waals surface area contributed by atoms with E-state index in [1.165, 1.54) is 0 Å². The van der Waals surface area contributed by atoms with Crippen LogP contribution >= 0.6 is 15.9 Å². The van der Waals surface area contributed by atoms with E-state index in [-0.39, 0.29) is 11.9 Å². The predicted molar refractivity (Wildman–Crippen MR) is 72.3 cm³/mol. The van der Waals surface area contributed by atoms with Crippen LogP contribution in [0.4, 0.5) is 0 Å². The molecule has 2 aromatic rings. The number of hydrogen-bond acceptors (Lipinski definition) is 3. The summed E-state index contributed by atoms with van der Waals surface area (Å²) in [5.74, 6) is -0.0488. The maximum absolute atomic E-state index is 12.4. The summed E-state index contributed by atoms with van der Waals surface area (Å²) in [4.78, 5) is 14.1. The van der Waals surface area contributed by atoms with E-state index in [1.54, 1.807) is 4.90 Å². The molecule has 6 heteroatoms. The normalized spacial score (nSPS) is 19.7. The Bertz CT molecular complexity index is 609. The summed E-state index contributed by atoms with van der Waals surface area (Å²) in [6.45, 7) is 1.32. The van der Waals surface area contributed by atoms with Gasteiger partial charge in [-0.1, -0.05) is 15.9 Å². The predicted octanol–water partition coefficient (Wildman–Crippen LogP) is 1.50. The fourth-order valence-electron chi connectivity index (χ4n) is 2.27. The highest BCUT2D eigenvalue weighted by atomic mass is 79.9. The highest BCUT2D eigenvalue weighted by Gasteiger charge is 2.27. The SMILES string of the molecule is N[C@@H]1CCN(C(=O)c2n[nH]c3ccc(Br)cc23)C1. The molecule has 3 N–H and O–H groups in total. The van der Waals surface area contributed by atoms with Crippen LogP contribution in [-0.2, 0) is 0 Å². The third-order valence-electron chi connectivity index (χ3n) is 3.24. The molecule has 0 bridgehead atoms. The summed E-state index contributed by atoms with van der Waals surface area (Å²) < 4.78 is 0.934. The Kier molecular flexibility index (Phi) is 2.83. The zero-order chi connectivity index (χ0) is 12.7. The molecule has 2 heterocycles. The summed E-state index contributed by atoms with van der Waals surface area (Å²) in [6, 6.07) is 5.81. The molecule has 0 spiro atoms. The molecule has 0 unspecified atom stereocenters. The first-order valence-electron chi connectivity index (χ1n) is 5.83. The fourth-order valence-corrected chi connectivity index (χ4v) is 2.63. The molecular weight excluding hydrogens is 296 g/mol. The van der Waals surface area contributed by atoms with Crippen LogP contribution in [0.15, 0.2) is 22.7 Å². The van der Waals surface area contributed by atoms with Crippen LogP contribution in [0.2, 0.25) is 0 Å². The first-order valence-corrected chi connectivity index (χ1v) is 6.63. The van der Waals surface area contributed by atoms with Crippen LogP contribution in [0.3, 0.4) is 0 Å². The highest BCUT2D eigenvalue weighted by Crippen LogP contribution is 2.23. The number of benzene rings is 1. The summed E-state index contributed by atoms with van der Waals surface area (Å²) in [5.41, 5.74) is 7.16. The Labute approximate surface area is 112 Å². The molecule has 1 saturated heterocycles. The number of nitrogens with one attached hydrogen (secondary N) is 1. The van der Waals surface area contributed by atoms with Crippen molar-refractivity contribution in [3.05, 3.63) is 28.4 Å². The number of H-pyrrole nitrogens is 1. The average molecular weight is 309 g/mol. The van der Waals surface area contributed by atoms with Crippen molar-refractivity contribution in [1.29, 1.82) is 0 Å². The second kappa shape index (κ2) is 4.37. The van der Waals surface area contributed by atoms with Gasteiger partial charge in [0.25, 0.3) is 5.91 Å². The second-order valence-corrected chi connectivity index (χ2v) is 5.48. The minimum atomic E-state index is -0.0488. The first-order chi connectivity index (χ1) is 8.65. The number of halogens is 1. The number of aromatic amines is 1. The molecule has 3 rings (SSSR count). The van der Waals surface area contributed by atoms with Crippen LogP contribution in [0.5, 0.6) is 0 Å². The van der Waals surface area contributed by atoms with Crippen LogP contribution in [0, 0.1) is 0 Å². The number of carbonyl (C=O) groups excluding carboxylic acids is 1. The fraction of sp³-hybridized carbons (Fsp3) is 0.333. The molecule has 1 atom stereocenters. The molecule has 1 aromatic heterocycles. The summed E-state index contributed by atoms with van der Waals surface area (Å²) in [6.07, 6.45) is 0.859. The van der Waals surface area contributed by atoms with Gasteiger partial charge in [0.15, 0.2) is 5.69 Å². The first kappa shape index (κ1) is 11.7. The van der Waals surface area contributed by atoms with Crippen molar-refractivity contribution < 1.29 is 4.79 Å². The monoisotopic (exact) mass is 308 g/mol. The molecule has 94 valence electrons. The van der Waals surface area contributed by atoms with Crippen molar-refractivity contribution in [2.45, 2.75) is 12.5 Å². The third kappa shape index (κ3) is 1.91. The quantitative estimate of drug-likeness (QED) is 0.838. The van der Waals surface area contributed by atoms with Gasteiger partial charge in [0.1, 0.15) is 0 Å². The van der Waals surface area contributed by atoms with Gasteiger partial charge in [0.2, 0.25) is 0 Å². The Hall–Kier alpha value is -1.40. The number of aromatic nitrogens is 2. The lowest BCUT2D eigenvalue weighted by atomic mass is 10.2. The standard InChI is InChI=1S/C12H13BrN4O/c13-7-1-2-10-9(5-7)11(16-15-10)12(18)17-4-3-8(14)6-17/h1-2,5,8H,3-4,6,14H2,(H,15,16)/t8-/m1/s1. The van der Waals surface area contributed by atoms with Gasteiger partial charge in [-0.2, -0.15) is 5.10 Å². The van der Waals surface area contributed by atoms with Crippen LogP contribution in [0.1, 0.15) is 16.9 Å². The Balaban J connectivity index is 1.99. The third-order valence-corrected chi connectivity index (χ3v) is 3.73. The molecule has 0 saturated carbocycles. The van der Waals surface area contributed by atoms with E-state index >= 15 is 0 Å². The second-order valence-electron chi connectivity index (χ2n) is 4.56. The summed E-state index contributed by atoms with van der Waals surface area (Å²) in [7, 11) is 0. The van der Waals surface area contributed by atoms with Gasteiger partial charge in [-0.15, -0.1) is 0 Å². The summed E-state index contributed by atoms with van der Waals surface area (Å²) in [5, 5.41) is 7.85. The topological polar surface area (TPSA) is 75.0 Å². The number of nitrogens with two attached hydrogens (primary N) is 1. The Morgan fingerprint density at radius 2 is 2.39 bits per heavy atom. The molecule has 1 aliphatic heterocycles. The van der Waals surface area contributed by atoms with Gasteiger partial charge in [-0.05, 0) is 24.6 Å². The maximum Gasteiger partial charge on any atom is 0.275 e. The zero-order valence-electron chi connectivity index (χ0n) is 9.69. The molecule has 0 radical (unpaired) electrons. The van der Waals surface area contributed by atoms with Gasteiger partial charge in [0.05, 0.1) is 5.52 Å². The van der Waals surface area contributed by atoms with Gasteiger partial charge >= 0.3 is 0 Å². The minimum absolute atomic E-state index is 0.0488. The minimum Gasteiger partial charge on any atom is -0.336 e. The average Bonchev–Trinajstić information content (AvgIpc) is 2.94. The van der Waals surface area contributed by atoms with E-state index < -0.39 is 0 Å². The van der Waals surface area contributed by atoms with Gasteiger partial charge in [-0.3, -0.25) is 9.89 Å². The number of rotatable bonds is 1. The number of fused-ring (bicyclic) bond motifs is 1. The lowest BCUT2D eigenvalue weighted by molar-refractivity contribution is 0.0787. The largest absolute Gasteiger partial charge is 0.336 e. The van der Waals surface area contributed by atoms with Crippen molar-refractivity contribution in [2.24, 2.45) is 5.73 Å². The van der Waals surface area contributed by atoms with Crippen molar-refractivity contribution in [2.75, 3.05) is 13.1 Å². The number of hydrogen-bond donors (Lipinski definition) is 2. The lowest BCUT2D eigenvalue weighted by Gasteiger charge is -2.14. The molecule has 1 aliphatic rings. The molecule has 1 amide bonds. The molecule has 1 fully saturated rings. The van der Waals surface area contributed by atoms with Crippen LogP contribution in [-0.4, -0.2) is 40.1 Å². The molecule has 18 heavy (non-hydrogen) atoms. The van der Waals surface area contributed by atoms with E-state index in [9.17, 15) is 4.79 Å². The van der Waals surface area contributed by atoms with Crippen molar-refractivity contribution in [3.63, 3.8) is 0 Å².